The van der Waals surface area contributed by atoms with Gasteiger partial charge in [0.2, 0.25) is 0 Å². The van der Waals surface area contributed by atoms with Crippen molar-refractivity contribution in [1.29, 1.82) is 0 Å². The van der Waals surface area contributed by atoms with Crippen molar-refractivity contribution in [1.82, 2.24) is 10.6 Å². The molecule has 92 valence electrons. The first-order valence-corrected chi connectivity index (χ1v) is 5.70. The second kappa shape index (κ2) is 5.18. The number of hydrogen-bond donors (Lipinski definition) is 3. The Hall–Kier alpha value is -1.26. The molecular formula is C11H20N2O3. The zero-order valence-corrected chi connectivity index (χ0v) is 9.88. The molecule has 0 aromatic carbocycles. The second-order valence-corrected chi connectivity index (χ2v) is 4.91. The monoisotopic (exact) mass is 228 g/mol. The zero-order valence-electron chi connectivity index (χ0n) is 9.88. The first kappa shape index (κ1) is 12.8. The van der Waals surface area contributed by atoms with Gasteiger partial charge < -0.3 is 15.7 Å². The molecule has 1 fully saturated rings. The van der Waals surface area contributed by atoms with Crippen molar-refractivity contribution in [2.75, 3.05) is 6.54 Å². The van der Waals surface area contributed by atoms with Gasteiger partial charge in [-0.25, -0.2) is 4.79 Å². The summed E-state index contributed by atoms with van der Waals surface area (Å²) < 4.78 is 0. The van der Waals surface area contributed by atoms with Gasteiger partial charge in [-0.1, -0.05) is 6.42 Å². The lowest BCUT2D eigenvalue weighted by Crippen LogP contribution is -2.47. The fraction of sp³-hybridized carbons (Fsp3) is 0.818. The summed E-state index contributed by atoms with van der Waals surface area (Å²) in [6, 6.07) is -0.122. The number of urea groups is 1. The topological polar surface area (TPSA) is 78.4 Å². The van der Waals surface area contributed by atoms with Crippen LogP contribution in [0.3, 0.4) is 0 Å². The Morgan fingerprint density at radius 1 is 1.38 bits per heavy atom. The Morgan fingerprint density at radius 2 is 2.00 bits per heavy atom. The highest BCUT2D eigenvalue weighted by Gasteiger charge is 2.39. The molecule has 16 heavy (non-hydrogen) atoms. The van der Waals surface area contributed by atoms with Gasteiger partial charge in [0.1, 0.15) is 0 Å². The second-order valence-electron chi connectivity index (χ2n) is 4.91. The molecular weight excluding hydrogens is 208 g/mol. The molecule has 1 rings (SSSR count). The van der Waals surface area contributed by atoms with Crippen LogP contribution < -0.4 is 10.6 Å². The molecule has 0 bridgehead atoms. The zero-order chi connectivity index (χ0) is 12.2. The van der Waals surface area contributed by atoms with Crippen LogP contribution in [0.2, 0.25) is 0 Å². The van der Waals surface area contributed by atoms with Gasteiger partial charge in [-0.3, -0.25) is 4.79 Å². The lowest BCUT2D eigenvalue weighted by molar-refractivity contribution is -0.141. The summed E-state index contributed by atoms with van der Waals surface area (Å²) in [5.74, 6) is -0.786. The summed E-state index contributed by atoms with van der Waals surface area (Å²) in [7, 11) is 0. The van der Waals surface area contributed by atoms with E-state index in [0.29, 0.717) is 6.54 Å². The SMILES string of the molecule is CC(C)NC(=O)NCC1(CC(=O)O)CCC1. The van der Waals surface area contributed by atoms with Crippen molar-refractivity contribution in [2.24, 2.45) is 5.41 Å². The largest absolute Gasteiger partial charge is 0.481 e. The van der Waals surface area contributed by atoms with Gasteiger partial charge in [0.25, 0.3) is 0 Å². The van der Waals surface area contributed by atoms with Crippen molar-refractivity contribution in [3.63, 3.8) is 0 Å². The van der Waals surface area contributed by atoms with Crippen LogP contribution in [0.25, 0.3) is 0 Å². The minimum atomic E-state index is -0.786. The van der Waals surface area contributed by atoms with Crippen LogP contribution in [0.5, 0.6) is 0 Å². The van der Waals surface area contributed by atoms with E-state index >= 15 is 0 Å². The van der Waals surface area contributed by atoms with E-state index in [1.807, 2.05) is 13.8 Å². The number of carboxylic acids is 1. The molecule has 5 nitrogen and oxygen atoms in total. The Kier molecular flexibility index (Phi) is 4.15. The Balaban J connectivity index is 2.34. The molecule has 0 aliphatic heterocycles. The Labute approximate surface area is 95.6 Å². The molecule has 0 radical (unpaired) electrons. The van der Waals surface area contributed by atoms with Crippen LogP contribution >= 0.6 is 0 Å². The van der Waals surface area contributed by atoms with Crippen molar-refractivity contribution in [3.8, 4) is 0 Å². The Morgan fingerprint density at radius 3 is 2.38 bits per heavy atom. The molecule has 0 heterocycles. The molecule has 0 aromatic heterocycles. The summed E-state index contributed by atoms with van der Waals surface area (Å²) in [5.41, 5.74) is -0.208. The van der Waals surface area contributed by atoms with Crippen LogP contribution in [-0.4, -0.2) is 29.7 Å². The molecule has 0 aromatic rings. The van der Waals surface area contributed by atoms with E-state index in [0.717, 1.165) is 19.3 Å². The number of rotatable bonds is 5. The first-order chi connectivity index (χ1) is 7.43. The summed E-state index contributed by atoms with van der Waals surface area (Å²) in [6.07, 6.45) is 2.98. The fourth-order valence-corrected chi connectivity index (χ4v) is 1.99. The average molecular weight is 228 g/mol. The van der Waals surface area contributed by atoms with Crippen molar-refractivity contribution in [2.45, 2.75) is 45.6 Å². The van der Waals surface area contributed by atoms with E-state index in [-0.39, 0.29) is 23.9 Å². The van der Waals surface area contributed by atoms with E-state index < -0.39 is 5.97 Å². The normalized spacial score (nSPS) is 17.7. The molecule has 0 atom stereocenters. The summed E-state index contributed by atoms with van der Waals surface area (Å²) in [4.78, 5) is 22.1. The smallest absolute Gasteiger partial charge is 0.315 e. The van der Waals surface area contributed by atoms with Gasteiger partial charge in [0.05, 0.1) is 6.42 Å². The van der Waals surface area contributed by atoms with Gasteiger partial charge >= 0.3 is 12.0 Å². The Bertz CT molecular complexity index is 272. The molecule has 0 unspecified atom stereocenters. The van der Waals surface area contributed by atoms with Crippen LogP contribution in [0.1, 0.15) is 39.5 Å². The number of carboxylic acid groups (broad SMARTS) is 1. The van der Waals surface area contributed by atoms with Gasteiger partial charge in [-0.2, -0.15) is 0 Å². The molecule has 5 heteroatoms. The maximum atomic E-state index is 11.4. The first-order valence-electron chi connectivity index (χ1n) is 5.70. The maximum Gasteiger partial charge on any atom is 0.315 e. The molecule has 3 N–H and O–H groups in total. The molecule has 1 aliphatic rings. The molecule has 1 aliphatic carbocycles. The predicted octanol–water partition coefficient (Wildman–Crippen LogP) is 1.34. The third kappa shape index (κ3) is 3.72. The highest BCUT2D eigenvalue weighted by atomic mass is 16.4. The van der Waals surface area contributed by atoms with Crippen LogP contribution in [0, 0.1) is 5.41 Å². The predicted molar refractivity (Wildman–Crippen MR) is 60.2 cm³/mol. The molecule has 1 saturated carbocycles. The highest BCUT2D eigenvalue weighted by molar-refractivity contribution is 5.74. The van der Waals surface area contributed by atoms with Crippen molar-refractivity contribution < 1.29 is 14.7 Å². The fourth-order valence-electron chi connectivity index (χ4n) is 1.99. The minimum absolute atomic E-state index is 0.0943. The molecule has 0 spiro atoms. The average Bonchev–Trinajstić information content (AvgIpc) is 2.07. The third-order valence-corrected chi connectivity index (χ3v) is 2.98. The maximum absolute atomic E-state index is 11.4. The lowest BCUT2D eigenvalue weighted by Gasteiger charge is -2.40. The summed E-state index contributed by atoms with van der Waals surface area (Å²) in [6.45, 7) is 4.23. The number of carbonyl (C=O) groups is 2. The van der Waals surface area contributed by atoms with Crippen molar-refractivity contribution >= 4 is 12.0 Å². The van der Waals surface area contributed by atoms with Gasteiger partial charge in [0, 0.05) is 12.6 Å². The number of amides is 2. The standard InChI is InChI=1S/C11H20N2O3/c1-8(2)13-10(16)12-7-11(4-3-5-11)6-9(14)15/h8H,3-7H2,1-2H3,(H,14,15)(H2,12,13,16). The molecule has 2 amide bonds. The van der Waals surface area contributed by atoms with Crippen molar-refractivity contribution in [3.05, 3.63) is 0 Å². The number of carbonyl (C=O) groups excluding carboxylic acids is 1. The highest BCUT2D eigenvalue weighted by Crippen LogP contribution is 2.43. The van der Waals surface area contributed by atoms with Gasteiger partial charge in [-0.15, -0.1) is 0 Å². The number of aliphatic carboxylic acids is 1. The van der Waals surface area contributed by atoms with Crippen LogP contribution in [0.4, 0.5) is 4.79 Å². The summed E-state index contributed by atoms with van der Waals surface area (Å²) >= 11 is 0. The van der Waals surface area contributed by atoms with E-state index in [1.165, 1.54) is 0 Å². The van der Waals surface area contributed by atoms with E-state index in [9.17, 15) is 9.59 Å². The van der Waals surface area contributed by atoms with Crippen LogP contribution in [-0.2, 0) is 4.79 Å². The van der Waals surface area contributed by atoms with Crippen LogP contribution in [0.15, 0.2) is 0 Å². The minimum Gasteiger partial charge on any atom is -0.481 e. The van der Waals surface area contributed by atoms with E-state index in [4.69, 9.17) is 5.11 Å². The van der Waals surface area contributed by atoms with Gasteiger partial charge in [-0.05, 0) is 32.1 Å². The van der Waals surface area contributed by atoms with E-state index in [2.05, 4.69) is 10.6 Å². The van der Waals surface area contributed by atoms with E-state index in [1.54, 1.807) is 0 Å². The summed E-state index contributed by atoms with van der Waals surface area (Å²) in [5, 5.41) is 14.3. The van der Waals surface area contributed by atoms with Gasteiger partial charge in [0.15, 0.2) is 0 Å². The number of nitrogens with one attached hydrogen (secondary N) is 2. The quantitative estimate of drug-likeness (QED) is 0.664. The lowest BCUT2D eigenvalue weighted by atomic mass is 9.66. The molecule has 0 saturated heterocycles. The third-order valence-electron chi connectivity index (χ3n) is 2.98. The number of hydrogen-bond acceptors (Lipinski definition) is 2.